The van der Waals surface area contributed by atoms with Crippen molar-refractivity contribution in [2.75, 3.05) is 14.2 Å². The summed E-state index contributed by atoms with van der Waals surface area (Å²) in [4.78, 5) is 12.4. The van der Waals surface area contributed by atoms with Gasteiger partial charge in [-0.1, -0.05) is 15.9 Å². The SMILES string of the molecule is COc1ccc(C(=O)N/N=C/c2cc(C)n(-c3ccc(Br)cc3)c2C)cc1OC. The molecule has 0 saturated carbocycles. The Hall–Kier alpha value is -3.06. The number of hydrogen-bond donors (Lipinski definition) is 1. The van der Waals surface area contributed by atoms with E-state index in [2.05, 4.69) is 31.0 Å². The Balaban J connectivity index is 1.76. The van der Waals surface area contributed by atoms with Crippen LogP contribution in [-0.2, 0) is 0 Å². The molecule has 0 aliphatic heterocycles. The van der Waals surface area contributed by atoms with E-state index in [4.69, 9.17) is 9.47 Å². The number of nitrogens with zero attached hydrogens (tertiary/aromatic N) is 2. The normalized spacial score (nSPS) is 10.9. The first-order valence-corrected chi connectivity index (χ1v) is 9.74. The van der Waals surface area contributed by atoms with E-state index in [0.29, 0.717) is 17.1 Å². The van der Waals surface area contributed by atoms with Crippen molar-refractivity contribution in [1.82, 2.24) is 9.99 Å². The number of nitrogens with one attached hydrogen (secondary N) is 1. The number of carbonyl (C=O) groups is 1. The number of amides is 1. The lowest BCUT2D eigenvalue weighted by atomic mass is 10.2. The second kappa shape index (κ2) is 8.96. The first kappa shape index (κ1) is 20.7. The molecule has 150 valence electrons. The largest absolute Gasteiger partial charge is 0.493 e. The molecule has 0 unspecified atom stereocenters. The predicted molar refractivity (Wildman–Crippen MR) is 118 cm³/mol. The minimum absolute atomic E-state index is 0.330. The first-order valence-electron chi connectivity index (χ1n) is 8.95. The van der Waals surface area contributed by atoms with Crippen LogP contribution >= 0.6 is 15.9 Å². The van der Waals surface area contributed by atoms with Gasteiger partial charge in [-0.15, -0.1) is 0 Å². The van der Waals surface area contributed by atoms with E-state index in [0.717, 1.165) is 27.1 Å². The van der Waals surface area contributed by atoms with Crippen LogP contribution in [0.4, 0.5) is 0 Å². The maximum absolute atomic E-state index is 12.4. The standard InChI is InChI=1S/C22H22BrN3O3/c1-14-11-17(15(2)26(14)19-8-6-18(23)7-9-19)13-24-25-22(27)16-5-10-20(28-3)21(12-16)29-4/h5-13H,1-4H3,(H,25,27)/b24-13+. The van der Waals surface area contributed by atoms with Crippen LogP contribution in [0.3, 0.4) is 0 Å². The molecular formula is C22H22BrN3O3. The molecule has 0 saturated heterocycles. The van der Waals surface area contributed by atoms with Crippen LogP contribution in [0.1, 0.15) is 27.3 Å². The molecule has 0 aliphatic rings. The number of aryl methyl sites for hydroxylation is 1. The fraction of sp³-hybridized carbons (Fsp3) is 0.182. The molecule has 29 heavy (non-hydrogen) atoms. The van der Waals surface area contributed by atoms with Crippen LogP contribution in [0.2, 0.25) is 0 Å². The van der Waals surface area contributed by atoms with Crippen molar-refractivity contribution in [3.05, 3.63) is 75.5 Å². The minimum atomic E-state index is -0.330. The average Bonchev–Trinajstić information content (AvgIpc) is 3.01. The second-order valence-corrected chi connectivity index (χ2v) is 7.32. The van der Waals surface area contributed by atoms with Crippen molar-refractivity contribution in [3.8, 4) is 17.2 Å². The Morgan fingerprint density at radius 3 is 2.38 bits per heavy atom. The van der Waals surface area contributed by atoms with E-state index in [9.17, 15) is 4.79 Å². The quantitative estimate of drug-likeness (QED) is 0.434. The number of carbonyl (C=O) groups excluding carboxylic acids is 1. The summed E-state index contributed by atoms with van der Waals surface area (Å²) >= 11 is 3.46. The number of benzene rings is 2. The topological polar surface area (TPSA) is 64.8 Å². The van der Waals surface area contributed by atoms with Crippen LogP contribution in [-0.4, -0.2) is 30.9 Å². The molecule has 7 heteroatoms. The van der Waals surface area contributed by atoms with Gasteiger partial charge in [-0.25, -0.2) is 5.43 Å². The first-order chi connectivity index (χ1) is 13.9. The summed E-state index contributed by atoms with van der Waals surface area (Å²) in [5.74, 6) is 0.721. The molecule has 3 rings (SSSR count). The zero-order valence-electron chi connectivity index (χ0n) is 16.7. The molecule has 0 aliphatic carbocycles. The number of methoxy groups -OCH3 is 2. The predicted octanol–water partition coefficient (Wildman–Crippen LogP) is 4.64. The number of hydrogen-bond acceptors (Lipinski definition) is 4. The highest BCUT2D eigenvalue weighted by atomic mass is 79.9. The number of rotatable bonds is 6. The summed E-state index contributed by atoms with van der Waals surface area (Å²) in [6, 6.07) is 15.1. The summed E-state index contributed by atoms with van der Waals surface area (Å²) in [6.07, 6.45) is 1.65. The van der Waals surface area contributed by atoms with Gasteiger partial charge in [0.1, 0.15) is 0 Å². The minimum Gasteiger partial charge on any atom is -0.493 e. The third-order valence-electron chi connectivity index (χ3n) is 4.57. The van der Waals surface area contributed by atoms with Gasteiger partial charge in [-0.05, 0) is 62.4 Å². The zero-order chi connectivity index (χ0) is 21.0. The molecule has 1 amide bonds. The monoisotopic (exact) mass is 455 g/mol. The highest BCUT2D eigenvalue weighted by molar-refractivity contribution is 9.10. The summed E-state index contributed by atoms with van der Waals surface area (Å²) in [6.45, 7) is 4.06. The molecule has 0 fully saturated rings. The maximum atomic E-state index is 12.4. The third-order valence-corrected chi connectivity index (χ3v) is 5.10. The van der Waals surface area contributed by atoms with Crippen molar-refractivity contribution in [2.45, 2.75) is 13.8 Å². The smallest absolute Gasteiger partial charge is 0.271 e. The third kappa shape index (κ3) is 4.51. The molecule has 0 atom stereocenters. The molecule has 0 spiro atoms. The number of hydrazone groups is 1. The van der Waals surface area contributed by atoms with Crippen LogP contribution in [0.5, 0.6) is 11.5 Å². The van der Waals surface area contributed by atoms with Crippen LogP contribution in [0, 0.1) is 13.8 Å². The Morgan fingerprint density at radius 2 is 1.72 bits per heavy atom. The Labute approximate surface area is 178 Å². The number of halogens is 1. The molecule has 0 radical (unpaired) electrons. The Morgan fingerprint density at radius 1 is 1.03 bits per heavy atom. The number of aromatic nitrogens is 1. The van der Waals surface area contributed by atoms with Gasteiger partial charge in [-0.2, -0.15) is 5.10 Å². The molecule has 0 bridgehead atoms. The van der Waals surface area contributed by atoms with Gasteiger partial charge < -0.3 is 14.0 Å². The molecule has 6 nitrogen and oxygen atoms in total. The summed E-state index contributed by atoms with van der Waals surface area (Å²) in [5.41, 5.74) is 7.10. The van der Waals surface area contributed by atoms with E-state index in [1.807, 2.05) is 44.2 Å². The Kier molecular flexibility index (Phi) is 6.39. The second-order valence-electron chi connectivity index (χ2n) is 6.41. The van der Waals surface area contributed by atoms with Gasteiger partial charge in [0.05, 0.1) is 20.4 Å². The van der Waals surface area contributed by atoms with Gasteiger partial charge >= 0.3 is 0 Å². The average molecular weight is 456 g/mol. The highest BCUT2D eigenvalue weighted by Gasteiger charge is 2.11. The van der Waals surface area contributed by atoms with Crippen molar-refractivity contribution in [2.24, 2.45) is 5.10 Å². The molecular weight excluding hydrogens is 434 g/mol. The maximum Gasteiger partial charge on any atom is 0.271 e. The highest BCUT2D eigenvalue weighted by Crippen LogP contribution is 2.27. The summed E-state index contributed by atoms with van der Waals surface area (Å²) < 4.78 is 13.6. The lowest BCUT2D eigenvalue weighted by molar-refractivity contribution is 0.0954. The van der Waals surface area contributed by atoms with Crippen LogP contribution in [0.15, 0.2) is 58.1 Å². The van der Waals surface area contributed by atoms with Crippen molar-refractivity contribution < 1.29 is 14.3 Å². The molecule has 1 aromatic heterocycles. The fourth-order valence-electron chi connectivity index (χ4n) is 3.11. The Bertz CT molecular complexity index is 1060. The summed E-state index contributed by atoms with van der Waals surface area (Å²) in [7, 11) is 3.07. The van der Waals surface area contributed by atoms with E-state index in [1.54, 1.807) is 31.5 Å². The number of ether oxygens (including phenoxy) is 2. The van der Waals surface area contributed by atoms with E-state index in [-0.39, 0.29) is 5.91 Å². The van der Waals surface area contributed by atoms with Crippen molar-refractivity contribution in [1.29, 1.82) is 0 Å². The van der Waals surface area contributed by atoms with E-state index < -0.39 is 0 Å². The van der Waals surface area contributed by atoms with Crippen molar-refractivity contribution in [3.63, 3.8) is 0 Å². The van der Waals surface area contributed by atoms with Crippen molar-refractivity contribution >= 4 is 28.1 Å². The lowest BCUT2D eigenvalue weighted by Gasteiger charge is -2.09. The van der Waals surface area contributed by atoms with Crippen LogP contribution < -0.4 is 14.9 Å². The molecule has 1 N–H and O–H groups in total. The van der Waals surface area contributed by atoms with Gasteiger partial charge in [0.15, 0.2) is 11.5 Å². The zero-order valence-corrected chi connectivity index (χ0v) is 18.3. The lowest BCUT2D eigenvalue weighted by Crippen LogP contribution is -2.17. The molecule has 3 aromatic rings. The van der Waals surface area contributed by atoms with E-state index in [1.165, 1.54) is 7.11 Å². The molecule has 1 heterocycles. The summed E-state index contributed by atoms with van der Waals surface area (Å²) in [5, 5.41) is 4.12. The van der Waals surface area contributed by atoms with E-state index >= 15 is 0 Å². The van der Waals surface area contributed by atoms with Gasteiger partial charge in [-0.3, -0.25) is 4.79 Å². The van der Waals surface area contributed by atoms with Gasteiger partial charge in [0.25, 0.3) is 5.91 Å². The van der Waals surface area contributed by atoms with Gasteiger partial charge in [0.2, 0.25) is 0 Å². The van der Waals surface area contributed by atoms with Gasteiger partial charge in [0, 0.05) is 32.7 Å². The van der Waals surface area contributed by atoms with Crippen LogP contribution in [0.25, 0.3) is 5.69 Å². The fourth-order valence-corrected chi connectivity index (χ4v) is 3.37. The molecule has 2 aromatic carbocycles.